The molecule has 1 rings (SSSR count). The summed E-state index contributed by atoms with van der Waals surface area (Å²) in [5.74, 6) is -2.06. The normalized spacial score (nSPS) is 12.2. The number of benzene rings is 1. The molecular weight excluding hydrogens is 286 g/mol. The maximum Gasteiger partial charge on any atom is 0.335 e. The van der Waals surface area contributed by atoms with Gasteiger partial charge < -0.3 is 21.3 Å². The Morgan fingerprint density at radius 2 is 1.95 bits per heavy atom. The highest BCUT2D eigenvalue weighted by Gasteiger charge is 2.21. The van der Waals surface area contributed by atoms with Gasteiger partial charge in [-0.05, 0) is 24.3 Å². The van der Waals surface area contributed by atoms with Crippen molar-refractivity contribution in [3.8, 4) is 0 Å². The van der Waals surface area contributed by atoms with E-state index in [1.165, 1.54) is 17.3 Å². The molecule has 0 unspecified atom stereocenters. The maximum absolute atomic E-state index is 10.9. The van der Waals surface area contributed by atoms with Crippen molar-refractivity contribution >= 4 is 35.1 Å². The van der Waals surface area contributed by atoms with Crippen molar-refractivity contribution in [2.45, 2.75) is 4.90 Å². The van der Waals surface area contributed by atoms with Crippen LogP contribution in [0.25, 0.3) is 0 Å². The lowest BCUT2D eigenvalue weighted by molar-refractivity contribution is -0.370. The monoisotopic (exact) mass is 297 g/mol. The largest absolute Gasteiger partial charge is 0.625 e. The van der Waals surface area contributed by atoms with Gasteiger partial charge in [-0.15, -0.1) is 11.8 Å². The van der Waals surface area contributed by atoms with Crippen LogP contribution >= 0.6 is 11.8 Å². The molecule has 0 fully saturated rings. The minimum atomic E-state index is -1.04. The molecule has 0 radical (unpaired) electrons. The molecule has 0 aliphatic rings. The fraction of sp³-hybridized carbons (Fsp3) is 0.0909. The van der Waals surface area contributed by atoms with E-state index < -0.39 is 17.6 Å². The molecule has 0 spiro atoms. The molecule has 0 atom stereocenters. The molecule has 8 nitrogen and oxygen atoms in total. The van der Waals surface area contributed by atoms with Gasteiger partial charge in [0.1, 0.15) is 0 Å². The lowest BCUT2D eigenvalue weighted by atomic mass is 10.2. The van der Waals surface area contributed by atoms with Crippen LogP contribution in [0, 0.1) is 5.21 Å². The molecule has 0 aliphatic heterocycles. The lowest BCUT2D eigenvalue weighted by Gasteiger charge is -2.03. The number of carbonyl (C=O) groups excluding carboxylic acids is 1. The van der Waals surface area contributed by atoms with Gasteiger partial charge >= 0.3 is 11.9 Å². The second-order valence-electron chi connectivity index (χ2n) is 3.51. The third kappa shape index (κ3) is 3.99. The van der Waals surface area contributed by atoms with E-state index in [1.807, 2.05) is 0 Å². The van der Waals surface area contributed by atoms with Crippen LogP contribution in [0.15, 0.2) is 34.3 Å². The van der Waals surface area contributed by atoms with Crippen molar-refractivity contribution in [2.75, 3.05) is 5.75 Å². The summed E-state index contributed by atoms with van der Waals surface area (Å²) in [6.45, 7) is 0. The number of primary amides is 1. The molecule has 0 aliphatic carbocycles. The van der Waals surface area contributed by atoms with Crippen molar-refractivity contribution in [2.24, 2.45) is 10.9 Å². The Kier molecular flexibility index (Phi) is 5.54. The minimum absolute atomic E-state index is 0.0103. The summed E-state index contributed by atoms with van der Waals surface area (Å²) in [4.78, 5) is 22.3. The van der Waals surface area contributed by atoms with Crippen LogP contribution in [0.4, 0.5) is 0 Å². The Hall–Kier alpha value is -2.55. The van der Waals surface area contributed by atoms with Crippen molar-refractivity contribution in [1.29, 1.82) is 0 Å². The zero-order chi connectivity index (χ0) is 15.1. The van der Waals surface area contributed by atoms with Gasteiger partial charge in [-0.1, -0.05) is 5.16 Å². The fourth-order valence-corrected chi connectivity index (χ4v) is 2.08. The summed E-state index contributed by atoms with van der Waals surface area (Å²) in [6, 6.07) is 5.92. The molecule has 5 N–H and O–H groups in total. The first-order valence-corrected chi connectivity index (χ1v) is 6.20. The second-order valence-corrected chi connectivity index (χ2v) is 4.55. The topological polar surface area (TPSA) is 150 Å². The highest BCUT2D eigenvalue weighted by Crippen LogP contribution is 2.18. The van der Waals surface area contributed by atoms with Crippen LogP contribution in [0.1, 0.15) is 10.4 Å². The molecule has 1 aromatic carbocycles. The first-order chi connectivity index (χ1) is 9.49. The number of rotatable bonds is 6. The Morgan fingerprint density at radius 1 is 1.35 bits per heavy atom. The summed E-state index contributed by atoms with van der Waals surface area (Å²) in [5, 5.41) is 32.2. The Labute approximate surface area is 117 Å². The molecule has 0 saturated heterocycles. The van der Waals surface area contributed by atoms with E-state index in [-0.39, 0.29) is 17.0 Å². The first kappa shape index (κ1) is 15.5. The first-order valence-electron chi connectivity index (χ1n) is 5.22. The van der Waals surface area contributed by atoms with E-state index in [2.05, 4.69) is 5.16 Å². The smallest absolute Gasteiger partial charge is 0.335 e. The number of hydrogen-bond donors (Lipinski definition) is 4. The van der Waals surface area contributed by atoms with Gasteiger partial charge in [-0.25, -0.2) is 9.95 Å². The van der Waals surface area contributed by atoms with Gasteiger partial charge in [-0.3, -0.25) is 4.79 Å². The summed E-state index contributed by atoms with van der Waals surface area (Å²) in [7, 11) is 0. The highest BCUT2D eigenvalue weighted by atomic mass is 32.2. The molecule has 1 amide bonds. The van der Waals surface area contributed by atoms with Gasteiger partial charge in [0, 0.05) is 4.90 Å². The summed E-state index contributed by atoms with van der Waals surface area (Å²) >= 11 is 1.14. The van der Waals surface area contributed by atoms with Crippen LogP contribution < -0.4 is 10.9 Å². The Bertz CT molecular complexity index is 568. The van der Waals surface area contributed by atoms with Crippen LogP contribution in [0.3, 0.4) is 0 Å². The quantitative estimate of drug-likeness (QED) is 0.170. The molecule has 20 heavy (non-hydrogen) atoms. The van der Waals surface area contributed by atoms with E-state index in [0.717, 1.165) is 11.8 Å². The Balaban J connectivity index is 2.75. The third-order valence-electron chi connectivity index (χ3n) is 2.23. The molecule has 0 bridgehead atoms. The molecule has 0 aromatic heterocycles. The van der Waals surface area contributed by atoms with Crippen molar-refractivity contribution in [3.05, 3.63) is 35.0 Å². The van der Waals surface area contributed by atoms with Crippen LogP contribution in [-0.2, 0) is 4.79 Å². The Morgan fingerprint density at radius 3 is 2.35 bits per heavy atom. The predicted molar refractivity (Wildman–Crippen MR) is 71.9 cm³/mol. The zero-order valence-electron chi connectivity index (χ0n) is 10.1. The van der Waals surface area contributed by atoms with Crippen molar-refractivity contribution in [3.63, 3.8) is 0 Å². The summed E-state index contributed by atoms with van der Waals surface area (Å²) < 4.78 is 0. The van der Waals surface area contributed by atoms with Crippen molar-refractivity contribution < 1.29 is 25.1 Å². The maximum atomic E-state index is 10.9. The summed E-state index contributed by atoms with van der Waals surface area (Å²) in [6.07, 6.45) is 0. The average Bonchev–Trinajstić information content (AvgIpc) is 2.43. The fourth-order valence-electron chi connectivity index (χ4n) is 1.25. The number of aromatic carboxylic acids is 1. The number of thioether (sulfide) groups is 1. The number of nitrogens with zero attached hydrogens (tertiary/aromatic N) is 1. The molecular formula is C11H11N3O5S. The second kappa shape index (κ2) is 7.14. The number of carboxylic acids is 1. The number of oxime groups is 1. The van der Waals surface area contributed by atoms with E-state index >= 15 is 0 Å². The number of carbonyl (C=O) groups is 2. The predicted octanol–water partition coefficient (Wildman–Crippen LogP) is -1.19. The molecule has 9 heteroatoms. The number of nitrogens with one attached hydrogen (secondary N) is 1. The lowest BCUT2D eigenvalue weighted by Crippen LogP contribution is -2.71. The number of carboxylic acid groups (broad SMARTS) is 1. The van der Waals surface area contributed by atoms with Gasteiger partial charge in [0.15, 0.2) is 5.71 Å². The zero-order valence-corrected chi connectivity index (χ0v) is 10.9. The number of amides is 1. The van der Waals surface area contributed by atoms with Gasteiger partial charge in [0.2, 0.25) is 0 Å². The highest BCUT2D eigenvalue weighted by molar-refractivity contribution is 8.00. The van der Waals surface area contributed by atoms with E-state index in [1.54, 1.807) is 12.1 Å². The van der Waals surface area contributed by atoms with Crippen LogP contribution in [-0.4, -0.2) is 39.4 Å². The third-order valence-corrected chi connectivity index (χ3v) is 3.26. The van der Waals surface area contributed by atoms with Gasteiger partial charge in [0.05, 0.1) is 11.3 Å². The average molecular weight is 297 g/mol. The summed E-state index contributed by atoms with van der Waals surface area (Å²) in [5.41, 5.74) is 4.36. The number of nitrogens with two attached hydrogens (primary N) is 1. The van der Waals surface area contributed by atoms with Crippen molar-refractivity contribution in [1.82, 2.24) is 0 Å². The van der Waals surface area contributed by atoms with Gasteiger partial charge in [0.25, 0.3) is 5.71 Å². The van der Waals surface area contributed by atoms with E-state index in [0.29, 0.717) is 4.90 Å². The SMILES string of the molecule is NC(=O)C(=[NH+]\[O-])/C(CSc1ccc(C(=O)O)cc1)=N\O. The molecule has 1 aromatic rings. The number of hydrogen-bond acceptors (Lipinski definition) is 6. The molecule has 106 valence electrons. The van der Waals surface area contributed by atoms with Crippen LogP contribution in [0.2, 0.25) is 0 Å². The van der Waals surface area contributed by atoms with E-state index in [9.17, 15) is 14.8 Å². The molecule has 0 saturated carbocycles. The molecule has 0 heterocycles. The van der Waals surface area contributed by atoms with Crippen LogP contribution in [0.5, 0.6) is 0 Å². The van der Waals surface area contributed by atoms with E-state index in [4.69, 9.17) is 16.0 Å². The minimum Gasteiger partial charge on any atom is -0.625 e. The standard InChI is InChI=1S/C11H11N3O5S/c12-10(15)9(14-19)8(13-18)5-20-7-3-1-6(2-4-7)11(16)17/h1-4,14H,5H2,(H4-,12,13,15,16,17,18,19). The van der Waals surface area contributed by atoms with Gasteiger partial charge in [-0.2, -0.15) is 0 Å².